The Bertz CT molecular complexity index is 3950. The van der Waals surface area contributed by atoms with Crippen molar-refractivity contribution in [3.05, 3.63) is 177 Å². The summed E-state index contributed by atoms with van der Waals surface area (Å²) in [6.45, 7) is 3.78. The molecule has 0 atom stereocenters. The number of hydrogen-bond donors (Lipinski definition) is 1. The Kier molecular flexibility index (Phi) is 18.7. The van der Waals surface area contributed by atoms with Gasteiger partial charge in [0, 0.05) is 70.6 Å². The Morgan fingerprint density at radius 1 is 0.517 bits per heavy atom. The number of hydrogen-bond acceptors (Lipinski definition) is 10. The van der Waals surface area contributed by atoms with Gasteiger partial charge in [-0.1, -0.05) is 98.1 Å². The van der Waals surface area contributed by atoms with Crippen molar-refractivity contribution in [1.29, 1.82) is 0 Å². The average molecular weight is 1290 g/mol. The minimum Gasteiger partial charge on any atom is -0.489 e. The molecular weight excluding hydrogens is 1220 g/mol. The van der Waals surface area contributed by atoms with Crippen LogP contribution in [0.15, 0.2) is 146 Å². The highest BCUT2D eigenvalue weighted by molar-refractivity contribution is 7.20. The smallest absolute Gasteiger partial charge is 0.346 e. The van der Waals surface area contributed by atoms with Crippen molar-refractivity contribution in [3.63, 3.8) is 0 Å². The van der Waals surface area contributed by atoms with Crippen LogP contribution < -0.4 is 19.3 Å². The lowest BCUT2D eigenvalue weighted by Crippen LogP contribution is -2.23. The van der Waals surface area contributed by atoms with E-state index < -0.39 is 5.97 Å². The van der Waals surface area contributed by atoms with E-state index in [9.17, 15) is 24.3 Å². The number of amides is 2. The Hall–Kier alpha value is -7.79. The van der Waals surface area contributed by atoms with E-state index in [1.807, 2.05) is 113 Å². The number of nitrogens with zero attached hydrogens (tertiary/aromatic N) is 6. The third-order valence-corrected chi connectivity index (χ3v) is 20.3. The molecule has 6 aromatic carbocycles. The van der Waals surface area contributed by atoms with Crippen molar-refractivity contribution < 1.29 is 33.8 Å². The minimum atomic E-state index is -0.914. The lowest BCUT2D eigenvalue weighted by atomic mass is 9.95. The van der Waals surface area contributed by atoms with Crippen LogP contribution in [0.5, 0.6) is 11.5 Å². The van der Waals surface area contributed by atoms with E-state index in [1.165, 1.54) is 49.9 Å². The molecule has 13 nitrogen and oxygen atoms in total. The van der Waals surface area contributed by atoms with Gasteiger partial charge in [0.25, 0.3) is 0 Å². The number of rotatable bonds is 16. The van der Waals surface area contributed by atoms with E-state index >= 15 is 0 Å². The minimum absolute atomic E-state index is 0. The molecule has 2 aliphatic heterocycles. The van der Waals surface area contributed by atoms with Crippen molar-refractivity contribution in [3.8, 4) is 56.5 Å². The van der Waals surface area contributed by atoms with Crippen molar-refractivity contribution in [1.82, 2.24) is 19.1 Å². The van der Waals surface area contributed by atoms with Gasteiger partial charge in [-0.3, -0.25) is 14.4 Å². The first kappa shape index (κ1) is 61.4. The summed E-state index contributed by atoms with van der Waals surface area (Å²) in [5.74, 6) is 2.79. The fourth-order valence-corrected chi connectivity index (χ4v) is 15.3. The van der Waals surface area contributed by atoms with E-state index in [2.05, 4.69) is 45.5 Å². The maximum absolute atomic E-state index is 12.5. The lowest BCUT2D eigenvalue weighted by Gasteiger charge is -2.25. The van der Waals surface area contributed by atoms with Crippen LogP contribution in [-0.2, 0) is 22.8 Å². The standard InChI is InChI=1S/C36H34ClN3O3S.C35H32ClN3O4S.ClH/c1-23(41)33-21-32-36(44-33)40(28-6-3-2-4-7-28)35(38-32)25-11-16-30(17-12-25)43-22-26-20-29(39-19-5-8-34(39)42)15-18-31(26)24-9-13-27(37)14-10-24;36-25-12-8-22(9-13-25)29-17-14-27(38-18-4-7-32(38)40)19-24(29)21-43-28-15-10-23(11-16-28)33-37-30-20-31(35(41)42)44-34(30)39(33)26-5-2-1-3-6-26;/h9-18,20-21,28H,2-8,19,22H2,1H3;8-17,19-20,26H,1-7,18,21H2,(H,41,42);1H. The third kappa shape index (κ3) is 13.3. The van der Waals surface area contributed by atoms with Gasteiger partial charge in [-0.25, -0.2) is 14.8 Å². The van der Waals surface area contributed by atoms with Crippen LogP contribution in [0.4, 0.5) is 11.4 Å². The van der Waals surface area contributed by atoms with Gasteiger partial charge < -0.3 is 33.5 Å². The summed E-state index contributed by atoms with van der Waals surface area (Å²) in [5.41, 5.74) is 11.6. The van der Waals surface area contributed by atoms with Crippen LogP contribution in [0, 0.1) is 0 Å². The van der Waals surface area contributed by atoms with Gasteiger partial charge in [-0.2, -0.15) is 0 Å². The number of carboxylic acid groups (broad SMARTS) is 1. The van der Waals surface area contributed by atoms with Crippen LogP contribution in [-0.4, -0.2) is 60.9 Å². The van der Waals surface area contributed by atoms with Crippen LogP contribution >= 0.6 is 58.3 Å². The van der Waals surface area contributed by atoms with Crippen LogP contribution in [0.1, 0.15) is 139 Å². The number of halogens is 3. The van der Waals surface area contributed by atoms with Crippen molar-refractivity contribution in [2.45, 2.75) is 122 Å². The largest absolute Gasteiger partial charge is 0.489 e. The zero-order chi connectivity index (χ0) is 60.4. The number of Topliss-reactive ketones (excluding diaryl/α,β-unsaturated/α-hetero) is 1. The number of ketones is 1. The molecule has 0 bridgehead atoms. The fourth-order valence-electron chi connectivity index (χ4n) is 12.9. The Morgan fingerprint density at radius 3 is 1.29 bits per heavy atom. The molecule has 0 unspecified atom stereocenters. The topological polar surface area (TPSA) is 149 Å². The number of thiophene rings is 2. The molecule has 10 aromatic rings. The molecule has 2 saturated heterocycles. The zero-order valence-electron chi connectivity index (χ0n) is 49.3. The van der Waals surface area contributed by atoms with E-state index in [1.54, 1.807) is 24.3 Å². The van der Waals surface area contributed by atoms with E-state index in [4.69, 9.17) is 42.6 Å². The number of aromatic carboxylic acids is 1. The number of fused-ring (bicyclic) bond motifs is 2. The van der Waals surface area contributed by atoms with Crippen molar-refractivity contribution >= 4 is 114 Å². The number of anilines is 2. The van der Waals surface area contributed by atoms with Gasteiger partial charge in [0.1, 0.15) is 61.9 Å². The van der Waals surface area contributed by atoms with Gasteiger partial charge in [-0.15, -0.1) is 35.1 Å². The van der Waals surface area contributed by atoms with Crippen LogP contribution in [0.3, 0.4) is 0 Å². The fraction of sp³-hybridized carbons (Fsp3) is 0.296. The molecule has 2 saturated carbocycles. The molecule has 6 heterocycles. The molecule has 456 valence electrons. The lowest BCUT2D eigenvalue weighted by molar-refractivity contribution is -0.117. The summed E-state index contributed by atoms with van der Waals surface area (Å²) in [5, 5.41) is 10.9. The Morgan fingerprint density at radius 2 is 0.910 bits per heavy atom. The SMILES string of the molecule is CC(=O)c1cc2nc(-c3ccc(OCc4cc(N5CCCC5=O)ccc4-c4ccc(Cl)cc4)cc3)n(C3CCCCC3)c2s1.Cl.O=C(O)c1cc2nc(-c3ccc(OCc4cc(N5CCCC5=O)ccc4-c4ccc(Cl)cc4)cc3)n(C3CCCCC3)c2s1. The van der Waals surface area contributed by atoms with Crippen molar-refractivity contribution in [2.24, 2.45) is 0 Å². The Labute approximate surface area is 541 Å². The number of carbonyl (C=O) groups is 4. The molecule has 2 aliphatic carbocycles. The molecule has 0 radical (unpaired) electrons. The summed E-state index contributed by atoms with van der Waals surface area (Å²) < 4.78 is 17.3. The second-order valence-electron chi connectivity index (χ2n) is 23.3. The highest BCUT2D eigenvalue weighted by Gasteiger charge is 2.29. The summed E-state index contributed by atoms with van der Waals surface area (Å²) >= 11 is 15.2. The van der Waals surface area contributed by atoms with Gasteiger partial charge in [0.15, 0.2) is 5.78 Å². The third-order valence-electron chi connectivity index (χ3n) is 17.4. The zero-order valence-corrected chi connectivity index (χ0v) is 53.3. The highest BCUT2D eigenvalue weighted by Crippen LogP contribution is 2.42. The summed E-state index contributed by atoms with van der Waals surface area (Å²) in [4.78, 5) is 65.5. The van der Waals surface area contributed by atoms with Gasteiger partial charge in [0.05, 0.1) is 4.88 Å². The van der Waals surface area contributed by atoms with Crippen LogP contribution in [0.2, 0.25) is 10.0 Å². The number of ether oxygens (including phenoxy) is 2. The molecule has 1 N–H and O–H groups in total. The highest BCUT2D eigenvalue weighted by atomic mass is 35.5. The van der Waals surface area contributed by atoms with E-state index in [0.29, 0.717) is 53.1 Å². The second kappa shape index (κ2) is 27.1. The molecule has 14 rings (SSSR count). The maximum atomic E-state index is 12.5. The second-order valence-corrected chi connectivity index (χ2v) is 26.2. The first-order valence-corrected chi connectivity index (χ1v) is 32.9. The summed E-state index contributed by atoms with van der Waals surface area (Å²) in [7, 11) is 0. The van der Waals surface area contributed by atoms with Gasteiger partial charge in [-0.05, 0) is 188 Å². The predicted octanol–water partition coefficient (Wildman–Crippen LogP) is 18.9. The molecule has 4 fully saturated rings. The number of imidazole rings is 2. The van der Waals surface area contributed by atoms with Gasteiger partial charge >= 0.3 is 5.97 Å². The van der Waals surface area contributed by atoms with Gasteiger partial charge in [0.2, 0.25) is 11.8 Å². The molecule has 2 amide bonds. The number of carboxylic acids is 1. The molecule has 4 aromatic heterocycles. The first-order chi connectivity index (χ1) is 42.9. The summed E-state index contributed by atoms with van der Waals surface area (Å²) in [6, 6.07) is 48.3. The molecule has 0 spiro atoms. The number of aromatic nitrogens is 4. The van der Waals surface area contributed by atoms with Crippen molar-refractivity contribution in [2.75, 3.05) is 22.9 Å². The first-order valence-electron chi connectivity index (χ1n) is 30.5. The monoisotopic (exact) mass is 1280 g/mol. The summed E-state index contributed by atoms with van der Waals surface area (Å²) in [6.07, 6.45) is 14.6. The normalized spacial score (nSPS) is 15.6. The average Bonchev–Trinajstić information content (AvgIpc) is 1.98. The van der Waals surface area contributed by atoms with E-state index in [0.717, 1.165) is 156 Å². The Balaban J connectivity index is 0.000000171. The number of carbonyl (C=O) groups excluding carboxylic acids is 3. The maximum Gasteiger partial charge on any atom is 0.346 e. The van der Waals surface area contributed by atoms with Crippen LogP contribution in [0.25, 0.3) is 65.7 Å². The van der Waals surface area contributed by atoms with E-state index in [-0.39, 0.29) is 30.0 Å². The molecule has 89 heavy (non-hydrogen) atoms. The molecule has 4 aliphatic rings. The quantitative estimate of drug-likeness (QED) is 0.0933. The molecular formula is C71H67Cl3N6O7S2. The number of benzene rings is 6. The molecule has 18 heteroatoms. The predicted molar refractivity (Wildman–Crippen MR) is 360 cm³/mol.